The fourth-order valence-corrected chi connectivity index (χ4v) is 2.93. The number of hydrogen-bond acceptors (Lipinski definition) is 3. The van der Waals surface area contributed by atoms with Crippen LogP contribution >= 0.6 is 0 Å². The summed E-state index contributed by atoms with van der Waals surface area (Å²) in [4.78, 5) is 2.25. The van der Waals surface area contributed by atoms with Crippen LogP contribution in [-0.2, 0) is 7.05 Å². The van der Waals surface area contributed by atoms with Gasteiger partial charge >= 0.3 is 0 Å². The van der Waals surface area contributed by atoms with Crippen molar-refractivity contribution >= 4 is 10.9 Å². The molecule has 2 aromatic rings. The Kier molecular flexibility index (Phi) is 5.46. The number of ether oxygens (including phenoxy) is 1. The molecule has 1 aromatic carbocycles. The third kappa shape index (κ3) is 3.10. The van der Waals surface area contributed by atoms with Crippen molar-refractivity contribution in [2.45, 2.75) is 32.7 Å². The van der Waals surface area contributed by atoms with Gasteiger partial charge in [0.1, 0.15) is 11.8 Å². The molecule has 0 radical (unpaired) electrons. The number of aryl methyl sites for hydroxylation is 1. The molecule has 0 saturated heterocycles. The van der Waals surface area contributed by atoms with Crippen LogP contribution in [0.25, 0.3) is 10.9 Å². The zero-order chi connectivity index (χ0) is 16.1. The molecule has 0 aliphatic rings. The Balaban J connectivity index is 2.48. The van der Waals surface area contributed by atoms with Crippen molar-refractivity contribution in [1.82, 2.24) is 9.47 Å². The third-order valence-corrected chi connectivity index (χ3v) is 4.21. The Morgan fingerprint density at radius 1 is 1.36 bits per heavy atom. The van der Waals surface area contributed by atoms with E-state index in [2.05, 4.69) is 41.6 Å². The molecular weight excluding hydrogens is 274 g/mol. The maximum Gasteiger partial charge on any atom is 0.125 e. The highest BCUT2D eigenvalue weighted by atomic mass is 16.5. The first-order chi connectivity index (χ1) is 10.7. The van der Waals surface area contributed by atoms with Gasteiger partial charge in [0, 0.05) is 29.7 Å². The number of nitrogens with zero attached hydrogens (tertiary/aromatic N) is 3. The predicted molar refractivity (Wildman–Crippen MR) is 90.0 cm³/mol. The summed E-state index contributed by atoms with van der Waals surface area (Å²) in [5.41, 5.74) is 2.19. The second-order valence-electron chi connectivity index (χ2n) is 5.59. The van der Waals surface area contributed by atoms with Gasteiger partial charge in [0.2, 0.25) is 0 Å². The van der Waals surface area contributed by atoms with Gasteiger partial charge in [-0.05, 0) is 37.7 Å². The van der Waals surface area contributed by atoms with E-state index in [1.807, 2.05) is 19.2 Å². The summed E-state index contributed by atoms with van der Waals surface area (Å²) in [6.07, 6.45) is 4.32. The molecule has 0 fully saturated rings. The van der Waals surface area contributed by atoms with Gasteiger partial charge in [0.05, 0.1) is 13.2 Å². The number of benzene rings is 1. The van der Waals surface area contributed by atoms with E-state index in [0.717, 1.165) is 48.1 Å². The fraction of sp³-hybridized carbons (Fsp3) is 0.500. The molecule has 4 nitrogen and oxygen atoms in total. The topological polar surface area (TPSA) is 41.2 Å². The summed E-state index contributed by atoms with van der Waals surface area (Å²) in [6.45, 7) is 6.12. The Morgan fingerprint density at radius 2 is 2.14 bits per heavy atom. The van der Waals surface area contributed by atoms with Crippen LogP contribution in [0, 0.1) is 11.3 Å². The van der Waals surface area contributed by atoms with Crippen LogP contribution in [0.4, 0.5) is 0 Å². The SMILES string of the molecule is CCCCN(CC)C(C#N)c1cn(C)c2ccc(OC)cc12. The first kappa shape index (κ1) is 16.4. The number of fused-ring (bicyclic) bond motifs is 1. The number of aromatic nitrogens is 1. The molecule has 0 aliphatic carbocycles. The Hall–Kier alpha value is -1.99. The summed E-state index contributed by atoms with van der Waals surface area (Å²) in [7, 11) is 3.69. The molecule has 22 heavy (non-hydrogen) atoms. The lowest BCUT2D eigenvalue weighted by molar-refractivity contribution is 0.245. The zero-order valence-electron chi connectivity index (χ0n) is 14.0. The Labute approximate surface area is 132 Å². The van der Waals surface area contributed by atoms with E-state index in [9.17, 15) is 5.26 Å². The average Bonchev–Trinajstić information content (AvgIpc) is 2.87. The molecule has 118 valence electrons. The van der Waals surface area contributed by atoms with Crippen molar-refractivity contribution in [2.24, 2.45) is 7.05 Å². The maximum absolute atomic E-state index is 9.74. The van der Waals surface area contributed by atoms with Gasteiger partial charge in [-0.25, -0.2) is 0 Å². The van der Waals surface area contributed by atoms with Gasteiger partial charge < -0.3 is 9.30 Å². The number of hydrogen-bond donors (Lipinski definition) is 0. The van der Waals surface area contributed by atoms with Crippen molar-refractivity contribution in [2.75, 3.05) is 20.2 Å². The monoisotopic (exact) mass is 299 g/mol. The van der Waals surface area contributed by atoms with Crippen molar-refractivity contribution in [3.8, 4) is 11.8 Å². The van der Waals surface area contributed by atoms with Crippen molar-refractivity contribution < 1.29 is 4.74 Å². The molecule has 0 saturated carbocycles. The number of methoxy groups -OCH3 is 1. The van der Waals surface area contributed by atoms with Crippen molar-refractivity contribution in [1.29, 1.82) is 5.26 Å². The average molecular weight is 299 g/mol. The quantitative estimate of drug-likeness (QED) is 0.779. The standard InChI is InChI=1S/C18H25N3O/c1-5-7-10-21(6-2)18(12-19)16-13-20(3)17-9-8-14(22-4)11-15(16)17/h8-9,11,13,18H,5-7,10H2,1-4H3. The van der Waals surface area contributed by atoms with Gasteiger partial charge in [-0.1, -0.05) is 20.3 Å². The van der Waals surface area contributed by atoms with Crippen LogP contribution in [0.5, 0.6) is 5.75 Å². The summed E-state index contributed by atoms with van der Waals surface area (Å²) < 4.78 is 7.43. The molecule has 0 N–H and O–H groups in total. The van der Waals surface area contributed by atoms with E-state index in [1.165, 1.54) is 0 Å². The lowest BCUT2D eigenvalue weighted by Gasteiger charge is -2.25. The second-order valence-corrected chi connectivity index (χ2v) is 5.59. The fourth-order valence-electron chi connectivity index (χ4n) is 2.93. The molecule has 0 spiro atoms. The van der Waals surface area contributed by atoms with Crippen molar-refractivity contribution in [3.63, 3.8) is 0 Å². The number of rotatable bonds is 7. The van der Waals surface area contributed by atoms with E-state index in [-0.39, 0.29) is 6.04 Å². The van der Waals surface area contributed by atoms with Crippen LogP contribution in [-0.4, -0.2) is 29.7 Å². The van der Waals surface area contributed by atoms with Gasteiger partial charge in [-0.2, -0.15) is 5.26 Å². The second kappa shape index (κ2) is 7.33. The van der Waals surface area contributed by atoms with Gasteiger partial charge in [-0.3, -0.25) is 4.90 Å². The molecule has 1 aromatic heterocycles. The smallest absolute Gasteiger partial charge is 0.125 e. The maximum atomic E-state index is 9.74. The minimum Gasteiger partial charge on any atom is -0.497 e. The van der Waals surface area contributed by atoms with E-state index < -0.39 is 0 Å². The van der Waals surface area contributed by atoms with Gasteiger partial charge in [-0.15, -0.1) is 0 Å². The molecule has 1 unspecified atom stereocenters. The molecule has 0 bridgehead atoms. The molecule has 2 rings (SSSR count). The van der Waals surface area contributed by atoms with E-state index >= 15 is 0 Å². The number of nitriles is 1. The Morgan fingerprint density at radius 3 is 2.73 bits per heavy atom. The molecule has 1 atom stereocenters. The molecule has 4 heteroatoms. The molecule has 0 amide bonds. The highest BCUT2D eigenvalue weighted by Gasteiger charge is 2.22. The van der Waals surface area contributed by atoms with Crippen molar-refractivity contribution in [3.05, 3.63) is 30.0 Å². The first-order valence-electron chi connectivity index (χ1n) is 7.92. The first-order valence-corrected chi connectivity index (χ1v) is 7.92. The summed E-state index contributed by atoms with van der Waals surface area (Å²) in [5.74, 6) is 0.827. The van der Waals surface area contributed by atoms with Crippen LogP contribution in [0.1, 0.15) is 38.3 Å². The van der Waals surface area contributed by atoms with E-state index in [4.69, 9.17) is 4.74 Å². The lowest BCUT2D eigenvalue weighted by Crippen LogP contribution is -2.28. The summed E-state index contributed by atoms with van der Waals surface area (Å²) >= 11 is 0. The summed E-state index contributed by atoms with van der Waals surface area (Å²) in [6, 6.07) is 8.32. The molecule has 1 heterocycles. The van der Waals surface area contributed by atoms with E-state index in [0.29, 0.717) is 0 Å². The number of unbranched alkanes of at least 4 members (excludes halogenated alkanes) is 1. The van der Waals surface area contributed by atoms with Crippen LogP contribution in [0.3, 0.4) is 0 Å². The van der Waals surface area contributed by atoms with E-state index in [1.54, 1.807) is 7.11 Å². The lowest BCUT2D eigenvalue weighted by atomic mass is 10.0. The van der Waals surface area contributed by atoms with Crippen LogP contribution in [0.15, 0.2) is 24.4 Å². The largest absolute Gasteiger partial charge is 0.497 e. The molecular formula is C18H25N3O. The highest BCUT2D eigenvalue weighted by molar-refractivity contribution is 5.86. The molecule has 0 aliphatic heterocycles. The Bertz CT molecular complexity index is 669. The minimum atomic E-state index is -0.215. The normalized spacial score (nSPS) is 12.5. The van der Waals surface area contributed by atoms with Crippen LogP contribution in [0.2, 0.25) is 0 Å². The minimum absolute atomic E-state index is 0.215. The zero-order valence-corrected chi connectivity index (χ0v) is 14.0. The van der Waals surface area contributed by atoms with Gasteiger partial charge in [0.25, 0.3) is 0 Å². The predicted octanol–water partition coefficient (Wildman–Crippen LogP) is 3.87. The highest BCUT2D eigenvalue weighted by Crippen LogP contribution is 2.32. The van der Waals surface area contributed by atoms with Crippen LogP contribution < -0.4 is 4.74 Å². The third-order valence-electron chi connectivity index (χ3n) is 4.21. The summed E-state index contributed by atoms with van der Waals surface area (Å²) in [5, 5.41) is 10.8. The van der Waals surface area contributed by atoms with Gasteiger partial charge in [0.15, 0.2) is 0 Å².